The van der Waals surface area contributed by atoms with Gasteiger partial charge in [-0.3, -0.25) is 9.36 Å². The van der Waals surface area contributed by atoms with E-state index in [1.165, 1.54) is 16.9 Å². The van der Waals surface area contributed by atoms with E-state index < -0.39 is 0 Å². The summed E-state index contributed by atoms with van der Waals surface area (Å²) in [5.41, 5.74) is 2.41. The van der Waals surface area contributed by atoms with Crippen molar-refractivity contribution in [3.63, 3.8) is 0 Å². The Balaban J connectivity index is 1.42. The van der Waals surface area contributed by atoms with Crippen LogP contribution in [-0.2, 0) is 25.8 Å². The summed E-state index contributed by atoms with van der Waals surface area (Å²) in [6, 6.07) is 5.98. The second-order valence-electron chi connectivity index (χ2n) is 7.40. The minimum atomic E-state index is 0.0416. The molecule has 29 heavy (non-hydrogen) atoms. The fraction of sp³-hybridized carbons (Fsp3) is 0.364. The summed E-state index contributed by atoms with van der Waals surface area (Å²) in [7, 11) is 0. The summed E-state index contributed by atoms with van der Waals surface area (Å²) in [6.45, 7) is 5.20. The van der Waals surface area contributed by atoms with E-state index in [0.717, 1.165) is 53.0 Å². The molecule has 1 aromatic carbocycles. The topological polar surface area (TPSA) is 65.4 Å². The normalized spacial score (nSPS) is 14.8. The molecule has 2 aromatic heterocycles. The number of thiophene rings is 1. The molecule has 5 rings (SSSR count). The van der Waals surface area contributed by atoms with Crippen molar-refractivity contribution in [3.8, 4) is 11.5 Å². The minimum Gasteiger partial charge on any atom is -0.454 e. The van der Waals surface area contributed by atoms with Crippen LogP contribution < -0.4 is 20.3 Å². The number of rotatable bonds is 6. The first-order chi connectivity index (χ1) is 14.2. The molecule has 3 aromatic rings. The van der Waals surface area contributed by atoms with Crippen molar-refractivity contribution in [2.45, 2.75) is 38.6 Å². The van der Waals surface area contributed by atoms with Gasteiger partial charge in [0.25, 0.3) is 5.56 Å². The molecule has 0 amide bonds. The van der Waals surface area contributed by atoms with Crippen LogP contribution in [0.5, 0.6) is 11.5 Å². The largest absolute Gasteiger partial charge is 0.454 e. The number of allylic oxidation sites excluding steroid dienone is 1. The number of aromatic nitrogens is 2. The monoisotopic (exact) mass is 409 g/mol. The zero-order chi connectivity index (χ0) is 19.8. The maximum absolute atomic E-state index is 13.2. The Labute approximate surface area is 172 Å². The molecule has 0 spiro atoms. The van der Waals surface area contributed by atoms with Crippen LogP contribution in [0, 0.1) is 0 Å². The van der Waals surface area contributed by atoms with Gasteiger partial charge in [-0.2, -0.15) is 0 Å². The molecule has 1 aliphatic heterocycles. The van der Waals surface area contributed by atoms with E-state index in [0.29, 0.717) is 19.0 Å². The molecule has 0 saturated heterocycles. The lowest BCUT2D eigenvalue weighted by molar-refractivity contribution is 0.174. The third-order valence-electron chi connectivity index (χ3n) is 5.52. The van der Waals surface area contributed by atoms with Gasteiger partial charge in [-0.05, 0) is 55.4 Å². The Bertz CT molecular complexity index is 1150. The quantitative estimate of drug-likeness (QED) is 0.626. The van der Waals surface area contributed by atoms with Gasteiger partial charge in [0.05, 0.1) is 5.39 Å². The van der Waals surface area contributed by atoms with Crippen molar-refractivity contribution < 1.29 is 9.47 Å². The highest BCUT2D eigenvalue weighted by Crippen LogP contribution is 2.34. The van der Waals surface area contributed by atoms with Gasteiger partial charge < -0.3 is 14.8 Å². The number of hydrogen-bond donors (Lipinski definition) is 1. The van der Waals surface area contributed by atoms with Gasteiger partial charge in [0.2, 0.25) is 12.7 Å². The second kappa shape index (κ2) is 7.55. The highest BCUT2D eigenvalue weighted by Gasteiger charge is 2.21. The summed E-state index contributed by atoms with van der Waals surface area (Å²) in [6.07, 6.45) is 6.92. The first-order valence-electron chi connectivity index (χ1n) is 10.0. The van der Waals surface area contributed by atoms with Crippen molar-refractivity contribution in [2.75, 3.05) is 18.7 Å². The van der Waals surface area contributed by atoms with Crippen LogP contribution >= 0.6 is 11.3 Å². The van der Waals surface area contributed by atoms with Crippen molar-refractivity contribution in [1.82, 2.24) is 9.55 Å². The van der Waals surface area contributed by atoms with Crippen molar-refractivity contribution in [2.24, 2.45) is 0 Å². The van der Waals surface area contributed by atoms with Gasteiger partial charge in [-0.25, -0.2) is 4.98 Å². The van der Waals surface area contributed by atoms with Crippen molar-refractivity contribution >= 4 is 27.5 Å². The predicted octanol–water partition coefficient (Wildman–Crippen LogP) is 3.91. The van der Waals surface area contributed by atoms with Crippen LogP contribution in [0.15, 0.2) is 35.6 Å². The van der Waals surface area contributed by atoms with Gasteiger partial charge in [0.15, 0.2) is 11.5 Å². The molecule has 6 nitrogen and oxygen atoms in total. The van der Waals surface area contributed by atoms with Crippen molar-refractivity contribution in [3.05, 3.63) is 57.2 Å². The van der Waals surface area contributed by atoms with E-state index in [2.05, 4.69) is 11.9 Å². The van der Waals surface area contributed by atoms with E-state index in [-0.39, 0.29) is 12.4 Å². The van der Waals surface area contributed by atoms with Gasteiger partial charge >= 0.3 is 0 Å². The highest BCUT2D eigenvalue weighted by molar-refractivity contribution is 7.18. The molecule has 0 bridgehead atoms. The van der Waals surface area contributed by atoms with Crippen LogP contribution in [0.4, 0.5) is 5.95 Å². The lowest BCUT2D eigenvalue weighted by atomic mass is 9.97. The van der Waals surface area contributed by atoms with Crippen LogP contribution in [-0.4, -0.2) is 22.9 Å². The Kier molecular flexibility index (Phi) is 4.75. The van der Waals surface area contributed by atoms with E-state index >= 15 is 0 Å². The molecule has 150 valence electrons. The van der Waals surface area contributed by atoms with Crippen molar-refractivity contribution in [1.29, 1.82) is 0 Å². The number of hydrogen-bond acceptors (Lipinski definition) is 6. The molecular formula is C22H23N3O3S. The van der Waals surface area contributed by atoms with E-state index in [1.54, 1.807) is 22.0 Å². The number of nitrogens with one attached hydrogen (secondary N) is 1. The second-order valence-corrected chi connectivity index (χ2v) is 8.48. The molecule has 7 heteroatoms. The third kappa shape index (κ3) is 3.29. The Hall–Kier alpha value is -2.80. The number of fused-ring (bicyclic) bond motifs is 4. The molecule has 1 aliphatic carbocycles. The Morgan fingerprint density at radius 3 is 3.00 bits per heavy atom. The lowest BCUT2D eigenvalue weighted by Gasteiger charge is -2.14. The summed E-state index contributed by atoms with van der Waals surface area (Å²) >= 11 is 1.68. The van der Waals surface area contributed by atoms with E-state index in [1.807, 2.05) is 18.2 Å². The van der Waals surface area contributed by atoms with Crippen LogP contribution in [0.3, 0.4) is 0 Å². The Morgan fingerprint density at radius 2 is 2.10 bits per heavy atom. The first-order valence-corrected chi connectivity index (χ1v) is 10.8. The molecule has 1 N–H and O–H groups in total. The Morgan fingerprint density at radius 1 is 1.24 bits per heavy atom. The fourth-order valence-electron chi connectivity index (χ4n) is 4.09. The zero-order valence-corrected chi connectivity index (χ0v) is 17.0. The summed E-state index contributed by atoms with van der Waals surface area (Å²) in [4.78, 5) is 20.3. The van der Waals surface area contributed by atoms with Crippen LogP contribution in [0.2, 0.25) is 0 Å². The summed E-state index contributed by atoms with van der Waals surface area (Å²) in [5.74, 6) is 2.19. The number of anilines is 1. The maximum Gasteiger partial charge on any atom is 0.264 e. The first kappa shape index (κ1) is 18.2. The zero-order valence-electron chi connectivity index (χ0n) is 16.2. The average molecular weight is 410 g/mol. The maximum atomic E-state index is 13.2. The van der Waals surface area contributed by atoms with Crippen LogP contribution in [0.25, 0.3) is 10.2 Å². The molecule has 0 atom stereocenters. The number of nitrogens with zero attached hydrogens (tertiary/aromatic N) is 2. The third-order valence-corrected chi connectivity index (χ3v) is 6.71. The highest BCUT2D eigenvalue weighted by atomic mass is 32.1. The van der Waals surface area contributed by atoms with Gasteiger partial charge in [0.1, 0.15) is 4.83 Å². The number of ether oxygens (including phenoxy) is 2. The van der Waals surface area contributed by atoms with Gasteiger partial charge in [-0.1, -0.05) is 12.1 Å². The van der Waals surface area contributed by atoms with Gasteiger partial charge in [0, 0.05) is 18.0 Å². The summed E-state index contributed by atoms with van der Waals surface area (Å²) in [5, 5.41) is 4.18. The fourth-order valence-corrected chi connectivity index (χ4v) is 5.34. The van der Waals surface area contributed by atoms with E-state index in [4.69, 9.17) is 14.5 Å². The van der Waals surface area contributed by atoms with Gasteiger partial charge in [-0.15, -0.1) is 17.9 Å². The SMILES string of the molecule is C=CCn1c(NCCc2ccc3c(c2)OCO3)nc2sc3c(c2c1=O)CCCC3. The standard InChI is InChI=1S/C22H23N3O3S/c1-2-11-25-21(26)19-15-5-3-4-6-18(15)29-20(19)24-22(25)23-10-9-14-7-8-16-17(12-14)28-13-27-16/h2,7-8,12H,1,3-6,9-11,13H2,(H,23,24). The lowest BCUT2D eigenvalue weighted by Crippen LogP contribution is -2.25. The molecular weight excluding hydrogens is 386 g/mol. The molecule has 0 fully saturated rings. The summed E-state index contributed by atoms with van der Waals surface area (Å²) < 4.78 is 12.5. The number of aryl methyl sites for hydroxylation is 2. The average Bonchev–Trinajstić information content (AvgIpc) is 3.34. The molecule has 2 aliphatic rings. The predicted molar refractivity (Wildman–Crippen MR) is 115 cm³/mol. The minimum absolute atomic E-state index is 0.0416. The van der Waals surface area contributed by atoms with E-state index in [9.17, 15) is 4.79 Å². The molecule has 3 heterocycles. The van der Waals surface area contributed by atoms with Crippen LogP contribution in [0.1, 0.15) is 28.8 Å². The smallest absolute Gasteiger partial charge is 0.264 e. The number of benzene rings is 1. The molecule has 0 saturated carbocycles. The molecule has 0 radical (unpaired) electrons. The molecule has 0 unspecified atom stereocenters.